The van der Waals surface area contributed by atoms with E-state index in [-0.39, 0.29) is 12.5 Å². The maximum absolute atomic E-state index is 13.7. The van der Waals surface area contributed by atoms with Crippen LogP contribution in [0.3, 0.4) is 0 Å². The molecule has 31 heavy (non-hydrogen) atoms. The summed E-state index contributed by atoms with van der Waals surface area (Å²) in [7, 11) is 0. The number of furan rings is 1. The lowest BCUT2D eigenvalue weighted by Crippen LogP contribution is -2.49. The first-order valence-corrected chi connectivity index (χ1v) is 10.2. The van der Waals surface area contributed by atoms with Gasteiger partial charge in [-0.3, -0.25) is 19.1 Å². The van der Waals surface area contributed by atoms with E-state index in [2.05, 4.69) is 0 Å². The van der Waals surface area contributed by atoms with Gasteiger partial charge in [-0.05, 0) is 36.8 Å². The number of amides is 1. The number of imidazole rings is 1. The van der Waals surface area contributed by atoms with Crippen LogP contribution in [0.5, 0.6) is 0 Å². The van der Waals surface area contributed by atoms with Crippen LogP contribution in [0.2, 0.25) is 0 Å². The van der Waals surface area contributed by atoms with E-state index in [4.69, 9.17) is 14.1 Å². The third-order valence-corrected chi connectivity index (χ3v) is 5.50. The highest BCUT2D eigenvalue weighted by molar-refractivity contribution is 6.08. The van der Waals surface area contributed by atoms with Gasteiger partial charge in [-0.2, -0.15) is 0 Å². The number of carbonyl (C=O) groups is 2. The van der Waals surface area contributed by atoms with E-state index < -0.39 is 17.9 Å². The number of rotatable bonds is 5. The van der Waals surface area contributed by atoms with Crippen LogP contribution < -0.4 is 4.90 Å². The maximum atomic E-state index is 13.7. The first kappa shape index (κ1) is 19.1. The Hall–Kier alpha value is -3.87. The summed E-state index contributed by atoms with van der Waals surface area (Å²) >= 11 is 0. The zero-order valence-corrected chi connectivity index (χ0v) is 17.0. The molecule has 2 atom stereocenters. The second-order valence-electron chi connectivity index (χ2n) is 7.37. The first-order valence-electron chi connectivity index (χ1n) is 10.2. The van der Waals surface area contributed by atoms with Gasteiger partial charge in [0.2, 0.25) is 11.9 Å². The number of para-hydroxylation sites is 2. The number of hydrogen-bond acceptors (Lipinski definition) is 5. The van der Waals surface area contributed by atoms with Gasteiger partial charge in [-0.25, -0.2) is 4.98 Å². The van der Waals surface area contributed by atoms with Crippen LogP contribution in [0.1, 0.15) is 24.3 Å². The number of ether oxygens (including phenoxy) is 1. The largest absolute Gasteiger partial charge is 0.467 e. The first-order chi connectivity index (χ1) is 15.2. The molecular formula is C24H21N3O4. The van der Waals surface area contributed by atoms with E-state index in [0.717, 1.165) is 16.6 Å². The van der Waals surface area contributed by atoms with Gasteiger partial charge in [0.05, 0.1) is 30.4 Å². The Morgan fingerprint density at radius 2 is 1.84 bits per heavy atom. The van der Waals surface area contributed by atoms with Crippen LogP contribution in [-0.2, 0) is 20.9 Å². The van der Waals surface area contributed by atoms with Crippen LogP contribution >= 0.6 is 0 Å². The molecule has 4 aromatic rings. The summed E-state index contributed by atoms with van der Waals surface area (Å²) in [5.74, 6) is -1.02. The number of anilines is 1. The Kier molecular flexibility index (Phi) is 4.78. The Morgan fingerprint density at radius 3 is 2.58 bits per heavy atom. The zero-order valence-electron chi connectivity index (χ0n) is 17.0. The topological polar surface area (TPSA) is 77.6 Å². The standard InChI is InChI=1S/C24H21N3O4/c1-2-30-23(29)20-21(19-13-8-14-31-19)27-18-12-7-6-11-17(18)25-24(27)26(22(20)28)15-16-9-4-3-5-10-16/h3-14,20-21H,2,15H2,1H3/t20-,21+/m0/s1. The predicted molar refractivity (Wildman–Crippen MR) is 114 cm³/mol. The third-order valence-electron chi connectivity index (χ3n) is 5.50. The molecule has 0 aliphatic carbocycles. The summed E-state index contributed by atoms with van der Waals surface area (Å²) in [6, 6.07) is 20.1. The molecule has 1 aliphatic heterocycles. The molecule has 7 heteroatoms. The van der Waals surface area contributed by atoms with E-state index in [1.54, 1.807) is 24.0 Å². The number of hydrogen-bond donors (Lipinski definition) is 0. The number of benzene rings is 2. The van der Waals surface area contributed by atoms with Crippen molar-refractivity contribution in [1.82, 2.24) is 9.55 Å². The number of carbonyl (C=O) groups excluding carboxylic acids is 2. The lowest BCUT2D eigenvalue weighted by Gasteiger charge is -2.36. The summed E-state index contributed by atoms with van der Waals surface area (Å²) in [6.45, 7) is 2.21. The molecule has 0 unspecified atom stereocenters. The van der Waals surface area contributed by atoms with Crippen LogP contribution in [0.4, 0.5) is 5.95 Å². The lowest BCUT2D eigenvalue weighted by molar-refractivity contribution is -0.153. The quantitative estimate of drug-likeness (QED) is 0.364. The Labute approximate surface area is 178 Å². The molecule has 2 aromatic carbocycles. The lowest BCUT2D eigenvalue weighted by atomic mass is 9.93. The average Bonchev–Trinajstić information content (AvgIpc) is 3.44. The molecule has 0 fully saturated rings. The van der Waals surface area contributed by atoms with Crippen molar-refractivity contribution >= 4 is 28.9 Å². The molecule has 156 valence electrons. The van der Waals surface area contributed by atoms with Crippen molar-refractivity contribution in [2.45, 2.75) is 19.5 Å². The SMILES string of the molecule is CCOC(=O)[C@@H]1C(=O)N(Cc2ccccc2)c2nc3ccccc3n2[C@@H]1c1ccco1. The molecule has 1 aliphatic rings. The summed E-state index contributed by atoms with van der Waals surface area (Å²) in [5.41, 5.74) is 2.50. The van der Waals surface area contributed by atoms with Crippen molar-refractivity contribution < 1.29 is 18.7 Å². The van der Waals surface area contributed by atoms with Gasteiger partial charge in [0.1, 0.15) is 11.8 Å². The fourth-order valence-electron chi connectivity index (χ4n) is 4.17. The van der Waals surface area contributed by atoms with Gasteiger partial charge in [0.15, 0.2) is 5.92 Å². The molecule has 2 aromatic heterocycles. The number of aromatic nitrogens is 2. The Bertz CT molecular complexity index is 1230. The van der Waals surface area contributed by atoms with Crippen LogP contribution in [-0.4, -0.2) is 28.0 Å². The van der Waals surface area contributed by atoms with Crippen LogP contribution in [0.15, 0.2) is 77.4 Å². The molecule has 7 nitrogen and oxygen atoms in total. The average molecular weight is 415 g/mol. The maximum Gasteiger partial charge on any atom is 0.321 e. The van der Waals surface area contributed by atoms with Gasteiger partial charge in [0.25, 0.3) is 0 Å². The third kappa shape index (κ3) is 3.18. The normalized spacial score (nSPS) is 18.2. The van der Waals surface area contributed by atoms with Gasteiger partial charge < -0.3 is 9.15 Å². The van der Waals surface area contributed by atoms with E-state index in [1.165, 1.54) is 6.26 Å². The predicted octanol–water partition coefficient (Wildman–Crippen LogP) is 3.94. The highest BCUT2D eigenvalue weighted by Gasteiger charge is 2.49. The second-order valence-corrected chi connectivity index (χ2v) is 7.37. The molecular weight excluding hydrogens is 394 g/mol. The monoisotopic (exact) mass is 415 g/mol. The molecule has 0 radical (unpaired) electrons. The molecule has 5 rings (SSSR count). The number of esters is 1. The Balaban J connectivity index is 1.74. The van der Waals surface area contributed by atoms with E-state index >= 15 is 0 Å². The smallest absolute Gasteiger partial charge is 0.321 e. The fourth-order valence-corrected chi connectivity index (χ4v) is 4.17. The van der Waals surface area contributed by atoms with Crippen molar-refractivity contribution in [2.24, 2.45) is 5.92 Å². The highest BCUT2D eigenvalue weighted by Crippen LogP contribution is 2.41. The van der Waals surface area contributed by atoms with Crippen LogP contribution in [0, 0.1) is 5.92 Å². The Morgan fingerprint density at radius 1 is 1.06 bits per heavy atom. The minimum Gasteiger partial charge on any atom is -0.467 e. The summed E-state index contributed by atoms with van der Waals surface area (Å²) < 4.78 is 12.9. The minimum absolute atomic E-state index is 0.184. The van der Waals surface area contributed by atoms with Crippen molar-refractivity contribution in [2.75, 3.05) is 11.5 Å². The molecule has 0 saturated heterocycles. The molecule has 3 heterocycles. The van der Waals surface area contributed by atoms with Gasteiger partial charge in [0, 0.05) is 0 Å². The molecule has 0 spiro atoms. The van der Waals surface area contributed by atoms with Gasteiger partial charge >= 0.3 is 5.97 Å². The molecule has 0 N–H and O–H groups in total. The zero-order chi connectivity index (χ0) is 21.4. The van der Waals surface area contributed by atoms with E-state index in [0.29, 0.717) is 18.3 Å². The van der Waals surface area contributed by atoms with Crippen molar-refractivity contribution in [3.8, 4) is 0 Å². The molecule has 0 bridgehead atoms. The van der Waals surface area contributed by atoms with Crippen molar-refractivity contribution in [3.63, 3.8) is 0 Å². The molecule has 0 saturated carbocycles. The van der Waals surface area contributed by atoms with E-state index in [1.807, 2.05) is 59.2 Å². The number of nitrogens with zero attached hydrogens (tertiary/aromatic N) is 3. The summed E-state index contributed by atoms with van der Waals surface area (Å²) in [4.78, 5) is 33.1. The summed E-state index contributed by atoms with van der Waals surface area (Å²) in [6.07, 6.45) is 1.54. The minimum atomic E-state index is -1.08. The fraction of sp³-hybridized carbons (Fsp3) is 0.208. The number of fused-ring (bicyclic) bond motifs is 3. The van der Waals surface area contributed by atoms with E-state index in [9.17, 15) is 9.59 Å². The second kappa shape index (κ2) is 7.75. The van der Waals surface area contributed by atoms with Gasteiger partial charge in [-0.1, -0.05) is 42.5 Å². The highest BCUT2D eigenvalue weighted by atomic mass is 16.5. The van der Waals surface area contributed by atoms with Crippen molar-refractivity contribution in [3.05, 3.63) is 84.3 Å². The molecule has 1 amide bonds. The summed E-state index contributed by atoms with van der Waals surface area (Å²) in [5, 5.41) is 0. The van der Waals surface area contributed by atoms with Crippen LogP contribution in [0.25, 0.3) is 11.0 Å². The van der Waals surface area contributed by atoms with Gasteiger partial charge in [-0.15, -0.1) is 0 Å². The van der Waals surface area contributed by atoms with Crippen molar-refractivity contribution in [1.29, 1.82) is 0 Å².